The summed E-state index contributed by atoms with van der Waals surface area (Å²) in [4.78, 5) is 8.86. The Morgan fingerprint density at radius 2 is 1.89 bits per heavy atom. The number of halogens is 1. The molecule has 1 aliphatic heterocycles. The molecule has 0 spiro atoms. The molecule has 2 rings (SSSR count). The van der Waals surface area contributed by atoms with Gasteiger partial charge < -0.3 is 24.6 Å². The van der Waals surface area contributed by atoms with Crippen LogP contribution < -0.4 is 10.1 Å². The molecule has 1 fully saturated rings. The third-order valence-corrected chi connectivity index (χ3v) is 5.30. The average Bonchev–Trinajstić information content (AvgIpc) is 2.64. The number of hydrogen-bond donors (Lipinski definition) is 1. The molecule has 0 amide bonds. The largest absolute Gasteiger partial charge is 0.491 e. The van der Waals surface area contributed by atoms with Crippen molar-refractivity contribution in [2.75, 3.05) is 61.1 Å². The van der Waals surface area contributed by atoms with E-state index in [0.29, 0.717) is 6.61 Å². The van der Waals surface area contributed by atoms with E-state index in [-0.39, 0.29) is 29.5 Å². The quantitative estimate of drug-likeness (QED) is 0.362. The maximum Gasteiger partial charge on any atom is 0.193 e. The predicted octanol–water partition coefficient (Wildman–Crippen LogP) is 2.61. The third-order valence-electron chi connectivity index (χ3n) is 5.30. The molecular formula is C20H35IN4O2. The summed E-state index contributed by atoms with van der Waals surface area (Å²) in [5.74, 6) is 1.84. The van der Waals surface area contributed by atoms with Crippen molar-refractivity contribution in [1.29, 1.82) is 0 Å². The summed E-state index contributed by atoms with van der Waals surface area (Å²) < 4.78 is 11.5. The first-order chi connectivity index (χ1) is 12.5. The Balaban J connectivity index is 0.00000364. The minimum Gasteiger partial charge on any atom is -0.491 e. The van der Waals surface area contributed by atoms with Crippen molar-refractivity contribution in [2.45, 2.75) is 25.3 Å². The molecule has 0 radical (unpaired) electrons. The molecule has 0 aromatic heterocycles. The lowest BCUT2D eigenvalue weighted by molar-refractivity contribution is -0.00522. The fraction of sp³-hybridized carbons (Fsp3) is 0.650. The number of guanidine groups is 1. The second-order valence-electron chi connectivity index (χ2n) is 7.17. The molecule has 0 aliphatic carbocycles. The highest BCUT2D eigenvalue weighted by molar-refractivity contribution is 14.0. The number of likely N-dealkylation sites (N-methyl/N-ethyl adjacent to an activating group) is 2. The van der Waals surface area contributed by atoms with Gasteiger partial charge in [-0.15, -0.1) is 24.0 Å². The van der Waals surface area contributed by atoms with Crippen molar-refractivity contribution in [3.05, 3.63) is 29.8 Å². The number of nitrogens with one attached hydrogen (secondary N) is 1. The van der Waals surface area contributed by atoms with Gasteiger partial charge in [-0.2, -0.15) is 0 Å². The van der Waals surface area contributed by atoms with Gasteiger partial charge in [-0.25, -0.2) is 0 Å². The summed E-state index contributed by atoms with van der Waals surface area (Å²) in [6.07, 6.45) is 2.06. The topological polar surface area (TPSA) is 49.3 Å². The van der Waals surface area contributed by atoms with Gasteiger partial charge in [-0.3, -0.25) is 4.99 Å². The number of benzene rings is 1. The third kappa shape index (κ3) is 6.80. The lowest BCUT2D eigenvalue weighted by atomic mass is 9.88. The van der Waals surface area contributed by atoms with Crippen LogP contribution in [0.2, 0.25) is 0 Å². The monoisotopic (exact) mass is 490 g/mol. The first kappa shape index (κ1) is 24.0. The van der Waals surface area contributed by atoms with Crippen LogP contribution in [0.4, 0.5) is 0 Å². The van der Waals surface area contributed by atoms with Crippen molar-refractivity contribution < 1.29 is 9.47 Å². The zero-order valence-electron chi connectivity index (χ0n) is 17.3. The Kier molecular flexibility index (Phi) is 10.4. The lowest BCUT2D eigenvalue weighted by Crippen LogP contribution is -2.57. The Hall–Kier alpha value is -1.06. The number of aliphatic imine (C=N–C) groups is 1. The smallest absolute Gasteiger partial charge is 0.193 e. The van der Waals surface area contributed by atoms with E-state index in [2.05, 4.69) is 47.2 Å². The molecule has 1 saturated heterocycles. The molecule has 0 saturated carbocycles. The van der Waals surface area contributed by atoms with Gasteiger partial charge in [0.25, 0.3) is 0 Å². The zero-order valence-corrected chi connectivity index (χ0v) is 19.7. The van der Waals surface area contributed by atoms with Crippen LogP contribution in [0.25, 0.3) is 0 Å². The van der Waals surface area contributed by atoms with Crippen LogP contribution in [-0.4, -0.2) is 82.4 Å². The van der Waals surface area contributed by atoms with Gasteiger partial charge in [0.15, 0.2) is 5.96 Å². The van der Waals surface area contributed by atoms with E-state index in [0.717, 1.165) is 56.4 Å². The van der Waals surface area contributed by atoms with Crippen LogP contribution in [0, 0.1) is 6.92 Å². The normalized spacial score (nSPS) is 16.6. The molecule has 1 aromatic rings. The number of ether oxygens (including phenoxy) is 2. The van der Waals surface area contributed by atoms with Gasteiger partial charge in [-0.1, -0.05) is 18.2 Å². The standard InChI is InChI=1S/C20H34N4O2.HI/c1-17-8-6-7-9-18(17)26-15-12-24(5)19(21-2)22-16-20(23(3)4)10-13-25-14-11-20;/h6-9H,10-16H2,1-5H3,(H,21,22);1H. The fourth-order valence-corrected chi connectivity index (χ4v) is 3.28. The summed E-state index contributed by atoms with van der Waals surface area (Å²) >= 11 is 0. The second-order valence-corrected chi connectivity index (χ2v) is 7.17. The molecular weight excluding hydrogens is 455 g/mol. The van der Waals surface area contributed by atoms with Crippen LogP contribution in [0.15, 0.2) is 29.3 Å². The van der Waals surface area contributed by atoms with E-state index >= 15 is 0 Å². The molecule has 154 valence electrons. The van der Waals surface area contributed by atoms with E-state index < -0.39 is 0 Å². The molecule has 6 nitrogen and oxygen atoms in total. The van der Waals surface area contributed by atoms with Gasteiger partial charge >= 0.3 is 0 Å². The Bertz CT molecular complexity index is 589. The van der Waals surface area contributed by atoms with Crippen LogP contribution in [0.3, 0.4) is 0 Å². The van der Waals surface area contributed by atoms with E-state index in [9.17, 15) is 0 Å². The molecule has 7 heteroatoms. The molecule has 0 unspecified atom stereocenters. The Labute approximate surface area is 181 Å². The highest BCUT2D eigenvalue weighted by Crippen LogP contribution is 2.25. The minimum atomic E-state index is 0. The molecule has 0 bridgehead atoms. The lowest BCUT2D eigenvalue weighted by Gasteiger charge is -2.43. The number of nitrogens with zero attached hydrogens (tertiary/aromatic N) is 3. The van der Waals surface area contributed by atoms with Gasteiger partial charge in [0.2, 0.25) is 0 Å². The maximum absolute atomic E-state index is 5.91. The van der Waals surface area contributed by atoms with E-state index in [1.165, 1.54) is 0 Å². The summed E-state index contributed by atoms with van der Waals surface area (Å²) in [5.41, 5.74) is 1.28. The summed E-state index contributed by atoms with van der Waals surface area (Å²) in [7, 11) is 8.17. The van der Waals surface area contributed by atoms with Crippen molar-refractivity contribution in [1.82, 2.24) is 15.1 Å². The molecule has 27 heavy (non-hydrogen) atoms. The van der Waals surface area contributed by atoms with E-state index in [1.807, 2.05) is 32.3 Å². The van der Waals surface area contributed by atoms with E-state index in [1.54, 1.807) is 0 Å². The first-order valence-corrected chi connectivity index (χ1v) is 9.34. The average molecular weight is 490 g/mol. The van der Waals surface area contributed by atoms with E-state index in [4.69, 9.17) is 9.47 Å². The Morgan fingerprint density at radius 3 is 2.48 bits per heavy atom. The fourth-order valence-electron chi connectivity index (χ4n) is 3.28. The highest BCUT2D eigenvalue weighted by Gasteiger charge is 2.35. The van der Waals surface area contributed by atoms with Crippen molar-refractivity contribution in [2.24, 2.45) is 4.99 Å². The van der Waals surface area contributed by atoms with Crippen molar-refractivity contribution in [3.63, 3.8) is 0 Å². The summed E-state index contributed by atoms with van der Waals surface area (Å²) in [5, 5.41) is 3.54. The number of rotatable bonds is 7. The van der Waals surface area contributed by atoms with Crippen LogP contribution >= 0.6 is 24.0 Å². The number of aryl methyl sites for hydroxylation is 1. The molecule has 1 aliphatic rings. The zero-order chi connectivity index (χ0) is 19.0. The molecule has 0 atom stereocenters. The Morgan fingerprint density at radius 1 is 1.22 bits per heavy atom. The van der Waals surface area contributed by atoms with Crippen LogP contribution in [-0.2, 0) is 4.74 Å². The molecule has 1 heterocycles. The maximum atomic E-state index is 5.91. The van der Waals surface area contributed by atoms with Crippen LogP contribution in [0.1, 0.15) is 18.4 Å². The molecule has 1 N–H and O–H groups in total. The van der Waals surface area contributed by atoms with Crippen molar-refractivity contribution >= 4 is 29.9 Å². The van der Waals surface area contributed by atoms with Crippen LogP contribution in [0.5, 0.6) is 5.75 Å². The van der Waals surface area contributed by atoms with Gasteiger partial charge in [-0.05, 0) is 45.5 Å². The highest BCUT2D eigenvalue weighted by atomic mass is 127. The van der Waals surface area contributed by atoms with Gasteiger partial charge in [0.05, 0.1) is 6.54 Å². The van der Waals surface area contributed by atoms with Gasteiger partial charge in [0.1, 0.15) is 12.4 Å². The molecule has 1 aromatic carbocycles. The number of hydrogen-bond acceptors (Lipinski definition) is 4. The second kappa shape index (κ2) is 11.7. The first-order valence-electron chi connectivity index (χ1n) is 9.34. The predicted molar refractivity (Wildman–Crippen MR) is 123 cm³/mol. The number of para-hydroxylation sites is 1. The summed E-state index contributed by atoms with van der Waals surface area (Å²) in [6.45, 7) is 5.95. The minimum absolute atomic E-state index is 0. The summed E-state index contributed by atoms with van der Waals surface area (Å²) in [6, 6.07) is 8.10. The van der Waals surface area contributed by atoms with Crippen molar-refractivity contribution in [3.8, 4) is 5.75 Å². The van der Waals surface area contributed by atoms with Gasteiger partial charge in [0, 0.05) is 39.4 Å². The SMILES string of the molecule is CN=C(NCC1(N(C)C)CCOCC1)N(C)CCOc1ccccc1C.I.